The van der Waals surface area contributed by atoms with Gasteiger partial charge < -0.3 is 19.3 Å². The van der Waals surface area contributed by atoms with Gasteiger partial charge in [-0.25, -0.2) is 0 Å². The van der Waals surface area contributed by atoms with Gasteiger partial charge in [0, 0.05) is 31.1 Å². The zero-order valence-corrected chi connectivity index (χ0v) is 17.3. The highest BCUT2D eigenvalue weighted by molar-refractivity contribution is 5.80. The van der Waals surface area contributed by atoms with Crippen LogP contribution in [0.15, 0.2) is 54.6 Å². The number of rotatable bonds is 7. The molecule has 2 heterocycles. The molecular formula is C24H30N2O3. The van der Waals surface area contributed by atoms with E-state index in [0.29, 0.717) is 19.1 Å². The van der Waals surface area contributed by atoms with Crippen LogP contribution in [0.5, 0.6) is 5.75 Å². The largest absolute Gasteiger partial charge is 0.497 e. The van der Waals surface area contributed by atoms with Crippen molar-refractivity contribution in [3.63, 3.8) is 0 Å². The number of likely N-dealkylation sites (tertiary alicyclic amines) is 2. The summed E-state index contributed by atoms with van der Waals surface area (Å²) in [5, 5.41) is 0. The van der Waals surface area contributed by atoms with Gasteiger partial charge in [-0.2, -0.15) is 0 Å². The molecule has 2 aliphatic heterocycles. The van der Waals surface area contributed by atoms with Crippen molar-refractivity contribution >= 4 is 5.91 Å². The van der Waals surface area contributed by atoms with E-state index in [-0.39, 0.29) is 11.3 Å². The van der Waals surface area contributed by atoms with E-state index in [1.165, 1.54) is 5.56 Å². The van der Waals surface area contributed by atoms with Crippen molar-refractivity contribution in [3.05, 3.63) is 65.7 Å². The van der Waals surface area contributed by atoms with Crippen molar-refractivity contribution in [2.24, 2.45) is 5.41 Å². The number of carbonyl (C=O) groups excluding carboxylic acids is 1. The first-order valence-electron chi connectivity index (χ1n) is 10.3. The molecule has 0 bridgehead atoms. The lowest BCUT2D eigenvalue weighted by Gasteiger charge is -2.48. The van der Waals surface area contributed by atoms with Crippen molar-refractivity contribution < 1.29 is 14.3 Å². The fourth-order valence-electron chi connectivity index (χ4n) is 4.69. The third-order valence-corrected chi connectivity index (χ3v) is 6.19. The number of hydrogen-bond acceptors (Lipinski definition) is 4. The number of likely N-dealkylation sites (N-methyl/N-ethyl adjacent to an activating group) is 1. The van der Waals surface area contributed by atoms with Gasteiger partial charge in [-0.3, -0.25) is 4.79 Å². The number of ether oxygens (including phenoxy) is 2. The molecule has 0 radical (unpaired) electrons. The van der Waals surface area contributed by atoms with E-state index in [1.54, 1.807) is 7.11 Å². The maximum atomic E-state index is 12.7. The number of nitrogens with zero attached hydrogens (tertiary/aromatic N) is 2. The summed E-state index contributed by atoms with van der Waals surface area (Å²) in [5.74, 6) is 1.00. The Morgan fingerprint density at radius 2 is 1.83 bits per heavy atom. The monoisotopic (exact) mass is 394 g/mol. The summed E-state index contributed by atoms with van der Waals surface area (Å²) in [7, 11) is 3.82. The molecule has 0 N–H and O–H groups in total. The van der Waals surface area contributed by atoms with Crippen LogP contribution in [0.25, 0.3) is 0 Å². The SMILES string of the molecule is COc1cccc(CC(=O)N2CC3(CC(COCc4ccccc4)N(C)C3)C2)c1. The molecule has 0 saturated carbocycles. The zero-order chi connectivity index (χ0) is 20.3. The first kappa shape index (κ1) is 19.9. The first-order valence-corrected chi connectivity index (χ1v) is 10.3. The molecule has 4 rings (SSSR count). The quantitative estimate of drug-likeness (QED) is 0.724. The molecule has 2 aromatic carbocycles. The minimum atomic E-state index is 0.204. The smallest absolute Gasteiger partial charge is 0.227 e. The molecule has 0 aromatic heterocycles. The summed E-state index contributed by atoms with van der Waals surface area (Å²) < 4.78 is 11.2. The van der Waals surface area contributed by atoms with Crippen LogP contribution in [0.2, 0.25) is 0 Å². The number of amides is 1. The molecule has 1 amide bonds. The highest BCUT2D eigenvalue weighted by atomic mass is 16.5. The van der Waals surface area contributed by atoms with E-state index in [0.717, 1.165) is 44.0 Å². The average Bonchev–Trinajstić information content (AvgIpc) is 3.04. The van der Waals surface area contributed by atoms with Crippen LogP contribution in [0.4, 0.5) is 0 Å². The second kappa shape index (κ2) is 8.56. The standard InChI is InChI=1S/C24H30N2O3/c1-25-16-24(13-21(25)15-29-14-19-7-4-3-5-8-19)17-26(18-24)23(27)12-20-9-6-10-22(11-20)28-2/h3-11,21H,12-18H2,1-2H3. The zero-order valence-electron chi connectivity index (χ0n) is 17.3. The number of benzene rings is 2. The van der Waals surface area contributed by atoms with E-state index < -0.39 is 0 Å². The molecule has 1 unspecified atom stereocenters. The van der Waals surface area contributed by atoms with Crippen LogP contribution in [-0.4, -0.2) is 62.1 Å². The minimum absolute atomic E-state index is 0.204. The van der Waals surface area contributed by atoms with Gasteiger partial charge in [0.25, 0.3) is 0 Å². The van der Waals surface area contributed by atoms with Crippen molar-refractivity contribution in [3.8, 4) is 5.75 Å². The lowest BCUT2D eigenvalue weighted by Crippen LogP contribution is -2.59. The van der Waals surface area contributed by atoms with Crippen LogP contribution >= 0.6 is 0 Å². The molecule has 154 valence electrons. The molecular weight excluding hydrogens is 364 g/mol. The number of hydrogen-bond donors (Lipinski definition) is 0. The second-order valence-electron chi connectivity index (χ2n) is 8.55. The van der Waals surface area contributed by atoms with Gasteiger partial charge in [0.1, 0.15) is 5.75 Å². The highest BCUT2D eigenvalue weighted by Crippen LogP contribution is 2.42. The predicted molar refractivity (Wildman–Crippen MR) is 113 cm³/mol. The summed E-state index contributed by atoms with van der Waals surface area (Å²) >= 11 is 0. The van der Waals surface area contributed by atoms with E-state index in [9.17, 15) is 4.79 Å². The molecule has 2 fully saturated rings. The Hall–Kier alpha value is -2.37. The Morgan fingerprint density at radius 3 is 2.59 bits per heavy atom. The van der Waals surface area contributed by atoms with Gasteiger partial charge in [-0.1, -0.05) is 42.5 Å². The number of methoxy groups -OCH3 is 1. The lowest BCUT2D eigenvalue weighted by atomic mass is 9.77. The van der Waals surface area contributed by atoms with Crippen LogP contribution in [0.1, 0.15) is 17.5 Å². The van der Waals surface area contributed by atoms with Gasteiger partial charge in [0.15, 0.2) is 0 Å². The van der Waals surface area contributed by atoms with Crippen LogP contribution in [0.3, 0.4) is 0 Å². The Bertz CT molecular complexity index is 833. The van der Waals surface area contributed by atoms with Gasteiger partial charge in [0.05, 0.1) is 26.7 Å². The Labute approximate surface area is 173 Å². The summed E-state index contributed by atoms with van der Waals surface area (Å²) in [4.78, 5) is 17.1. The summed E-state index contributed by atoms with van der Waals surface area (Å²) in [5.41, 5.74) is 2.45. The van der Waals surface area contributed by atoms with Crippen molar-refractivity contribution in [1.29, 1.82) is 0 Å². The number of carbonyl (C=O) groups is 1. The minimum Gasteiger partial charge on any atom is -0.497 e. The van der Waals surface area contributed by atoms with Crippen LogP contribution in [0, 0.1) is 5.41 Å². The van der Waals surface area contributed by atoms with E-state index >= 15 is 0 Å². The van der Waals surface area contributed by atoms with E-state index in [4.69, 9.17) is 9.47 Å². The van der Waals surface area contributed by atoms with Gasteiger partial charge >= 0.3 is 0 Å². The maximum Gasteiger partial charge on any atom is 0.227 e. The third-order valence-electron chi connectivity index (χ3n) is 6.19. The molecule has 2 saturated heterocycles. The van der Waals surface area contributed by atoms with Crippen molar-refractivity contribution in [2.45, 2.75) is 25.5 Å². The topological polar surface area (TPSA) is 42.0 Å². The molecule has 5 nitrogen and oxygen atoms in total. The highest BCUT2D eigenvalue weighted by Gasteiger charge is 2.51. The first-order chi connectivity index (χ1) is 14.1. The average molecular weight is 395 g/mol. The summed E-state index contributed by atoms with van der Waals surface area (Å²) in [6.07, 6.45) is 1.54. The molecule has 1 atom stereocenters. The van der Waals surface area contributed by atoms with Gasteiger partial charge in [-0.15, -0.1) is 0 Å². The lowest BCUT2D eigenvalue weighted by molar-refractivity contribution is -0.141. The summed E-state index contributed by atoms with van der Waals surface area (Å²) in [6.45, 7) is 4.15. The third kappa shape index (κ3) is 4.62. The predicted octanol–water partition coefficient (Wildman–Crippen LogP) is 2.99. The van der Waals surface area contributed by atoms with E-state index in [1.807, 2.05) is 47.4 Å². The fraction of sp³-hybridized carbons (Fsp3) is 0.458. The van der Waals surface area contributed by atoms with Crippen LogP contribution < -0.4 is 4.74 Å². The second-order valence-corrected chi connectivity index (χ2v) is 8.55. The molecule has 29 heavy (non-hydrogen) atoms. The van der Waals surface area contributed by atoms with Crippen molar-refractivity contribution in [2.75, 3.05) is 40.4 Å². The molecule has 2 aromatic rings. The van der Waals surface area contributed by atoms with Gasteiger partial charge in [-0.05, 0) is 36.7 Å². The Morgan fingerprint density at radius 1 is 1.07 bits per heavy atom. The Balaban J connectivity index is 1.24. The van der Waals surface area contributed by atoms with E-state index in [2.05, 4.69) is 24.1 Å². The van der Waals surface area contributed by atoms with Gasteiger partial charge in [0.2, 0.25) is 5.91 Å². The molecule has 5 heteroatoms. The molecule has 0 aliphatic carbocycles. The summed E-state index contributed by atoms with van der Waals surface area (Å²) in [6, 6.07) is 18.5. The maximum absolute atomic E-state index is 12.7. The van der Waals surface area contributed by atoms with Crippen LogP contribution in [-0.2, 0) is 22.6 Å². The molecule has 1 spiro atoms. The fourth-order valence-corrected chi connectivity index (χ4v) is 4.69. The normalized spacial score (nSPS) is 20.6. The molecule has 2 aliphatic rings. The van der Waals surface area contributed by atoms with Crippen molar-refractivity contribution in [1.82, 2.24) is 9.80 Å². The Kier molecular flexibility index (Phi) is 5.88.